The molecule has 2 amide bonds. The number of nitrogens with one attached hydrogen (secondary N) is 1. The Bertz CT molecular complexity index is 511. The van der Waals surface area contributed by atoms with Gasteiger partial charge in [-0.2, -0.15) is 0 Å². The minimum atomic E-state index is -0.629. The van der Waals surface area contributed by atoms with Crippen LogP contribution in [0.4, 0.5) is 11.5 Å². The molecule has 2 heterocycles. The third kappa shape index (κ3) is 3.37. The van der Waals surface area contributed by atoms with Crippen LogP contribution in [-0.4, -0.2) is 41.3 Å². The fourth-order valence-electron chi connectivity index (χ4n) is 2.16. The molecule has 0 aromatic carbocycles. The molecule has 7 heteroatoms. The number of pyridine rings is 1. The van der Waals surface area contributed by atoms with Crippen molar-refractivity contribution in [3.63, 3.8) is 0 Å². The number of nitrogens with zero attached hydrogens (tertiary/aromatic N) is 2. The monoisotopic (exact) mass is 277 g/mol. The van der Waals surface area contributed by atoms with E-state index in [-0.39, 0.29) is 18.1 Å². The Hall–Kier alpha value is -2.31. The summed E-state index contributed by atoms with van der Waals surface area (Å²) in [6.45, 7) is 1.70. The first-order chi connectivity index (χ1) is 9.58. The molecule has 1 aromatic heterocycles. The second-order valence-corrected chi connectivity index (χ2v) is 4.79. The highest BCUT2D eigenvalue weighted by Gasteiger charge is 2.16. The second kappa shape index (κ2) is 6.23. The SMILES string of the molecule is NC(=O)c1ccc(N)c(NCC(=O)N2CCCCC2)n1. The Morgan fingerprint density at radius 3 is 2.60 bits per heavy atom. The van der Waals surface area contributed by atoms with Crippen LogP contribution in [0.1, 0.15) is 29.8 Å². The van der Waals surface area contributed by atoms with Crippen LogP contribution in [0.15, 0.2) is 12.1 Å². The van der Waals surface area contributed by atoms with E-state index in [1.54, 1.807) is 6.07 Å². The highest BCUT2D eigenvalue weighted by Crippen LogP contribution is 2.16. The molecule has 0 atom stereocenters. The van der Waals surface area contributed by atoms with Crippen LogP contribution in [-0.2, 0) is 4.79 Å². The quantitative estimate of drug-likeness (QED) is 0.726. The Labute approximate surface area is 117 Å². The number of aromatic nitrogens is 1. The Kier molecular flexibility index (Phi) is 4.39. The Balaban J connectivity index is 1.97. The number of primary amides is 1. The van der Waals surface area contributed by atoms with Gasteiger partial charge in [-0.15, -0.1) is 0 Å². The van der Waals surface area contributed by atoms with Gasteiger partial charge in [-0.05, 0) is 31.4 Å². The van der Waals surface area contributed by atoms with E-state index < -0.39 is 5.91 Å². The minimum absolute atomic E-state index is 0.00961. The van der Waals surface area contributed by atoms with Crippen molar-refractivity contribution in [2.75, 3.05) is 30.7 Å². The van der Waals surface area contributed by atoms with Gasteiger partial charge in [-0.1, -0.05) is 0 Å². The van der Waals surface area contributed by atoms with Crippen LogP contribution in [0, 0.1) is 0 Å². The molecule has 0 aliphatic carbocycles. The molecule has 0 unspecified atom stereocenters. The lowest BCUT2D eigenvalue weighted by Gasteiger charge is -2.26. The number of nitrogen functional groups attached to an aromatic ring is 1. The zero-order valence-corrected chi connectivity index (χ0v) is 11.3. The molecule has 108 valence electrons. The van der Waals surface area contributed by atoms with Gasteiger partial charge in [0.2, 0.25) is 5.91 Å². The van der Waals surface area contributed by atoms with Gasteiger partial charge >= 0.3 is 0 Å². The number of rotatable bonds is 4. The topological polar surface area (TPSA) is 114 Å². The number of hydrogen-bond donors (Lipinski definition) is 3. The summed E-state index contributed by atoms with van der Waals surface area (Å²) in [6, 6.07) is 3.00. The van der Waals surface area contributed by atoms with E-state index >= 15 is 0 Å². The summed E-state index contributed by atoms with van der Waals surface area (Å²) in [4.78, 5) is 28.9. The lowest BCUT2D eigenvalue weighted by atomic mass is 10.1. The predicted molar refractivity (Wildman–Crippen MR) is 76.1 cm³/mol. The molecule has 0 radical (unpaired) electrons. The van der Waals surface area contributed by atoms with Gasteiger partial charge in [-0.3, -0.25) is 9.59 Å². The van der Waals surface area contributed by atoms with Crippen LogP contribution >= 0.6 is 0 Å². The highest BCUT2D eigenvalue weighted by atomic mass is 16.2. The van der Waals surface area contributed by atoms with Crippen molar-refractivity contribution < 1.29 is 9.59 Å². The summed E-state index contributed by atoms with van der Waals surface area (Å²) >= 11 is 0. The van der Waals surface area contributed by atoms with Gasteiger partial charge in [0, 0.05) is 13.1 Å². The first-order valence-electron chi connectivity index (χ1n) is 6.66. The third-order valence-corrected chi connectivity index (χ3v) is 3.29. The Morgan fingerprint density at radius 2 is 1.95 bits per heavy atom. The molecule has 5 N–H and O–H groups in total. The molecule has 0 spiro atoms. The molecule has 2 rings (SSSR count). The average Bonchev–Trinajstić information content (AvgIpc) is 2.46. The number of likely N-dealkylation sites (tertiary alicyclic amines) is 1. The van der Waals surface area contributed by atoms with E-state index in [1.807, 2.05) is 4.90 Å². The van der Waals surface area contributed by atoms with Gasteiger partial charge in [-0.25, -0.2) is 4.98 Å². The predicted octanol–water partition coefficient (Wildman–Crippen LogP) is 0.187. The van der Waals surface area contributed by atoms with Crippen molar-refractivity contribution >= 4 is 23.3 Å². The van der Waals surface area contributed by atoms with Crippen molar-refractivity contribution in [3.8, 4) is 0 Å². The number of amides is 2. The normalized spacial score (nSPS) is 14.9. The minimum Gasteiger partial charge on any atom is -0.396 e. The molecular weight excluding hydrogens is 258 g/mol. The summed E-state index contributed by atoms with van der Waals surface area (Å²) in [5.41, 5.74) is 11.4. The largest absolute Gasteiger partial charge is 0.396 e. The average molecular weight is 277 g/mol. The third-order valence-electron chi connectivity index (χ3n) is 3.29. The first-order valence-corrected chi connectivity index (χ1v) is 6.66. The van der Waals surface area contributed by atoms with Gasteiger partial charge in [0.1, 0.15) is 5.69 Å². The maximum absolute atomic E-state index is 12.0. The lowest BCUT2D eigenvalue weighted by Crippen LogP contribution is -2.39. The molecule has 0 bridgehead atoms. The smallest absolute Gasteiger partial charge is 0.267 e. The van der Waals surface area contributed by atoms with E-state index in [0.717, 1.165) is 25.9 Å². The summed E-state index contributed by atoms with van der Waals surface area (Å²) in [5, 5.41) is 2.87. The number of carbonyl (C=O) groups is 2. The summed E-state index contributed by atoms with van der Waals surface area (Å²) in [6.07, 6.45) is 3.26. The van der Waals surface area contributed by atoms with Crippen LogP contribution in [0.3, 0.4) is 0 Å². The zero-order valence-electron chi connectivity index (χ0n) is 11.3. The molecule has 7 nitrogen and oxygen atoms in total. The van der Waals surface area contributed by atoms with Crippen molar-refractivity contribution in [1.29, 1.82) is 0 Å². The fourth-order valence-corrected chi connectivity index (χ4v) is 2.16. The summed E-state index contributed by atoms with van der Waals surface area (Å²) in [7, 11) is 0. The van der Waals surface area contributed by atoms with Crippen molar-refractivity contribution in [2.45, 2.75) is 19.3 Å². The van der Waals surface area contributed by atoms with E-state index in [2.05, 4.69) is 10.3 Å². The molecule has 0 saturated carbocycles. The van der Waals surface area contributed by atoms with E-state index in [0.29, 0.717) is 11.5 Å². The van der Waals surface area contributed by atoms with Crippen molar-refractivity contribution in [3.05, 3.63) is 17.8 Å². The van der Waals surface area contributed by atoms with Crippen LogP contribution < -0.4 is 16.8 Å². The van der Waals surface area contributed by atoms with E-state index in [1.165, 1.54) is 12.5 Å². The molecule has 1 saturated heterocycles. The van der Waals surface area contributed by atoms with Crippen LogP contribution in [0.25, 0.3) is 0 Å². The molecule has 1 aromatic rings. The summed E-state index contributed by atoms with van der Waals surface area (Å²) in [5.74, 6) is -0.308. The number of anilines is 2. The number of carbonyl (C=O) groups excluding carboxylic acids is 2. The van der Waals surface area contributed by atoms with Crippen molar-refractivity contribution in [1.82, 2.24) is 9.88 Å². The maximum atomic E-state index is 12.0. The second-order valence-electron chi connectivity index (χ2n) is 4.79. The number of piperidine rings is 1. The maximum Gasteiger partial charge on any atom is 0.267 e. The van der Waals surface area contributed by atoms with Gasteiger partial charge in [0.25, 0.3) is 5.91 Å². The number of nitrogens with two attached hydrogens (primary N) is 2. The van der Waals surface area contributed by atoms with Gasteiger partial charge in [0.05, 0.1) is 12.2 Å². The molecule has 1 aliphatic rings. The van der Waals surface area contributed by atoms with Crippen LogP contribution in [0.5, 0.6) is 0 Å². The van der Waals surface area contributed by atoms with Crippen LogP contribution in [0.2, 0.25) is 0 Å². The standard InChI is InChI=1S/C13H19N5O2/c14-9-4-5-10(12(15)20)17-13(9)16-8-11(19)18-6-2-1-3-7-18/h4-5H,1-3,6-8,14H2,(H2,15,20)(H,16,17). The van der Waals surface area contributed by atoms with E-state index in [4.69, 9.17) is 11.5 Å². The lowest BCUT2D eigenvalue weighted by molar-refractivity contribution is -0.130. The number of hydrogen-bond acceptors (Lipinski definition) is 5. The molecule has 1 aliphatic heterocycles. The van der Waals surface area contributed by atoms with Gasteiger partial charge in [0.15, 0.2) is 5.82 Å². The fraction of sp³-hybridized carbons (Fsp3) is 0.462. The van der Waals surface area contributed by atoms with Crippen molar-refractivity contribution in [2.24, 2.45) is 5.73 Å². The zero-order chi connectivity index (χ0) is 14.5. The summed E-state index contributed by atoms with van der Waals surface area (Å²) < 4.78 is 0. The van der Waals surface area contributed by atoms with Gasteiger partial charge < -0.3 is 21.7 Å². The highest BCUT2D eigenvalue weighted by molar-refractivity contribution is 5.92. The molecular formula is C13H19N5O2. The molecule has 20 heavy (non-hydrogen) atoms. The van der Waals surface area contributed by atoms with E-state index in [9.17, 15) is 9.59 Å². The first kappa shape index (κ1) is 14.1. The molecule has 1 fully saturated rings. The Morgan fingerprint density at radius 1 is 1.25 bits per heavy atom.